The second-order valence-corrected chi connectivity index (χ2v) is 3.67. The molecule has 0 aliphatic heterocycles. The molecule has 4 nitrogen and oxygen atoms in total. The van der Waals surface area contributed by atoms with Crippen LogP contribution in [0.5, 0.6) is 0 Å². The molecule has 0 aliphatic carbocycles. The molecule has 0 unspecified atom stereocenters. The van der Waals surface area contributed by atoms with Crippen LogP contribution in [0.3, 0.4) is 0 Å². The second kappa shape index (κ2) is 6.81. The monoisotopic (exact) mass is 219 g/mol. The first kappa shape index (κ1) is 12.5. The van der Waals surface area contributed by atoms with Crippen molar-refractivity contribution in [2.24, 2.45) is 0 Å². The molecule has 0 aliphatic rings. The van der Waals surface area contributed by atoms with Gasteiger partial charge in [0.15, 0.2) is 0 Å². The van der Waals surface area contributed by atoms with Gasteiger partial charge in [-0.15, -0.1) is 0 Å². The molecule has 16 heavy (non-hydrogen) atoms. The molecule has 0 aromatic carbocycles. The molecule has 0 amide bonds. The van der Waals surface area contributed by atoms with E-state index in [-0.39, 0.29) is 5.56 Å². The van der Waals surface area contributed by atoms with Crippen LogP contribution in [-0.2, 0) is 6.54 Å². The van der Waals surface area contributed by atoms with Crippen molar-refractivity contribution in [2.75, 3.05) is 19.6 Å². The van der Waals surface area contributed by atoms with Crippen molar-refractivity contribution in [1.29, 1.82) is 5.26 Å². The molecular weight excluding hydrogens is 202 g/mol. The van der Waals surface area contributed by atoms with Gasteiger partial charge >= 0.3 is 0 Å². The highest BCUT2D eigenvalue weighted by Crippen LogP contribution is 1.92. The van der Waals surface area contributed by atoms with Crippen LogP contribution in [0.1, 0.15) is 13.3 Å². The van der Waals surface area contributed by atoms with Gasteiger partial charge in [0.1, 0.15) is 0 Å². The lowest BCUT2D eigenvalue weighted by Crippen LogP contribution is -2.31. The van der Waals surface area contributed by atoms with Crippen LogP contribution in [0.15, 0.2) is 29.2 Å². The van der Waals surface area contributed by atoms with E-state index in [0.717, 1.165) is 19.5 Å². The van der Waals surface area contributed by atoms with Gasteiger partial charge in [-0.2, -0.15) is 5.26 Å². The highest BCUT2D eigenvalue weighted by molar-refractivity contribution is 4.93. The lowest BCUT2D eigenvalue weighted by molar-refractivity contribution is 0.291. The van der Waals surface area contributed by atoms with Crippen LogP contribution in [-0.4, -0.2) is 29.1 Å². The van der Waals surface area contributed by atoms with Crippen LogP contribution in [0, 0.1) is 11.3 Å². The molecule has 0 bridgehead atoms. The van der Waals surface area contributed by atoms with Crippen molar-refractivity contribution < 1.29 is 0 Å². The summed E-state index contributed by atoms with van der Waals surface area (Å²) in [5.74, 6) is 0. The fourth-order valence-electron chi connectivity index (χ4n) is 1.58. The van der Waals surface area contributed by atoms with Gasteiger partial charge in [-0.3, -0.25) is 9.69 Å². The largest absolute Gasteiger partial charge is 0.314 e. The average molecular weight is 219 g/mol. The van der Waals surface area contributed by atoms with E-state index in [1.807, 2.05) is 6.07 Å². The summed E-state index contributed by atoms with van der Waals surface area (Å²) in [5, 5.41) is 8.65. The zero-order valence-electron chi connectivity index (χ0n) is 9.59. The molecule has 86 valence electrons. The maximum Gasteiger partial charge on any atom is 0.250 e. The fourth-order valence-corrected chi connectivity index (χ4v) is 1.58. The van der Waals surface area contributed by atoms with Crippen LogP contribution in [0.4, 0.5) is 0 Å². The Morgan fingerprint density at radius 1 is 1.44 bits per heavy atom. The van der Waals surface area contributed by atoms with Gasteiger partial charge in [0.25, 0.3) is 5.56 Å². The standard InChI is InChI=1S/C12H17N3O/c1-2-7-14(9-6-13)10-11-15-8-4-3-5-12(15)16/h3-5,8H,2,7,9-11H2,1H3. The van der Waals surface area contributed by atoms with Crippen LogP contribution >= 0.6 is 0 Å². The number of nitrogens with zero attached hydrogens (tertiary/aromatic N) is 3. The summed E-state index contributed by atoms with van der Waals surface area (Å²) in [6.45, 7) is 4.79. The Kier molecular flexibility index (Phi) is 5.30. The molecule has 1 aromatic rings. The Balaban J connectivity index is 2.52. The first-order valence-corrected chi connectivity index (χ1v) is 5.52. The molecule has 0 N–H and O–H groups in total. The summed E-state index contributed by atoms with van der Waals surface area (Å²) < 4.78 is 1.67. The zero-order chi connectivity index (χ0) is 11.8. The van der Waals surface area contributed by atoms with Gasteiger partial charge in [0, 0.05) is 25.4 Å². The normalized spacial score (nSPS) is 10.3. The zero-order valence-corrected chi connectivity index (χ0v) is 9.59. The lowest BCUT2D eigenvalue weighted by Gasteiger charge is -2.18. The molecule has 0 saturated heterocycles. The Bertz CT molecular complexity index is 405. The molecule has 0 atom stereocenters. The Labute approximate surface area is 95.7 Å². The van der Waals surface area contributed by atoms with Crippen molar-refractivity contribution in [3.05, 3.63) is 34.7 Å². The van der Waals surface area contributed by atoms with Gasteiger partial charge in [-0.1, -0.05) is 13.0 Å². The number of pyridine rings is 1. The van der Waals surface area contributed by atoms with Crippen molar-refractivity contribution in [3.63, 3.8) is 0 Å². The number of nitriles is 1. The summed E-state index contributed by atoms with van der Waals surface area (Å²) in [5.41, 5.74) is 0.0101. The Morgan fingerprint density at radius 3 is 2.88 bits per heavy atom. The van der Waals surface area contributed by atoms with Crippen LogP contribution in [0.2, 0.25) is 0 Å². The maximum atomic E-state index is 11.4. The van der Waals surface area contributed by atoms with E-state index in [4.69, 9.17) is 5.26 Å². The minimum Gasteiger partial charge on any atom is -0.314 e. The van der Waals surface area contributed by atoms with Crippen LogP contribution in [0.25, 0.3) is 0 Å². The predicted molar refractivity (Wildman–Crippen MR) is 63.0 cm³/mol. The SMILES string of the molecule is CCCN(CC#N)CCn1ccccc1=O. The number of aromatic nitrogens is 1. The fraction of sp³-hybridized carbons (Fsp3) is 0.500. The third kappa shape index (κ3) is 3.87. The summed E-state index contributed by atoms with van der Waals surface area (Å²) >= 11 is 0. The lowest BCUT2D eigenvalue weighted by atomic mass is 10.4. The molecule has 1 rings (SSSR count). The first-order chi connectivity index (χ1) is 7.77. The van der Waals surface area contributed by atoms with E-state index in [1.165, 1.54) is 0 Å². The third-order valence-corrected chi connectivity index (χ3v) is 2.39. The number of rotatable bonds is 6. The van der Waals surface area contributed by atoms with Crippen LogP contribution < -0.4 is 5.56 Å². The molecular formula is C12H17N3O. The summed E-state index contributed by atoms with van der Waals surface area (Å²) in [6, 6.07) is 7.27. The quantitative estimate of drug-likeness (QED) is 0.673. The molecule has 4 heteroatoms. The van der Waals surface area contributed by atoms with Gasteiger partial charge in [-0.05, 0) is 19.0 Å². The minimum absolute atomic E-state index is 0.0101. The third-order valence-electron chi connectivity index (χ3n) is 2.39. The Morgan fingerprint density at radius 2 is 2.25 bits per heavy atom. The molecule has 0 radical (unpaired) electrons. The minimum atomic E-state index is 0.0101. The van der Waals surface area contributed by atoms with E-state index in [9.17, 15) is 4.79 Å². The molecule has 0 saturated carbocycles. The van der Waals surface area contributed by atoms with Crippen molar-refractivity contribution in [2.45, 2.75) is 19.9 Å². The van der Waals surface area contributed by atoms with Crippen molar-refractivity contribution in [1.82, 2.24) is 9.47 Å². The van der Waals surface area contributed by atoms with Gasteiger partial charge in [-0.25, -0.2) is 0 Å². The summed E-state index contributed by atoms with van der Waals surface area (Å²) in [7, 11) is 0. The molecule has 1 heterocycles. The first-order valence-electron chi connectivity index (χ1n) is 5.52. The number of hydrogen-bond donors (Lipinski definition) is 0. The van der Waals surface area contributed by atoms with Gasteiger partial charge in [0.05, 0.1) is 12.6 Å². The van der Waals surface area contributed by atoms with Crippen molar-refractivity contribution >= 4 is 0 Å². The van der Waals surface area contributed by atoms with E-state index >= 15 is 0 Å². The summed E-state index contributed by atoms with van der Waals surface area (Å²) in [6.07, 6.45) is 2.80. The molecule has 0 spiro atoms. The smallest absolute Gasteiger partial charge is 0.250 e. The number of hydrogen-bond acceptors (Lipinski definition) is 3. The Hall–Kier alpha value is -1.60. The van der Waals surface area contributed by atoms with Gasteiger partial charge < -0.3 is 4.57 Å². The van der Waals surface area contributed by atoms with Crippen molar-refractivity contribution in [3.8, 4) is 6.07 Å². The second-order valence-electron chi connectivity index (χ2n) is 3.67. The highest BCUT2D eigenvalue weighted by atomic mass is 16.1. The average Bonchev–Trinajstić information content (AvgIpc) is 2.28. The summed E-state index contributed by atoms with van der Waals surface area (Å²) in [4.78, 5) is 13.5. The molecule has 1 aromatic heterocycles. The van der Waals surface area contributed by atoms with Gasteiger partial charge in [0.2, 0.25) is 0 Å². The van der Waals surface area contributed by atoms with E-state index in [0.29, 0.717) is 13.1 Å². The topological polar surface area (TPSA) is 49.0 Å². The predicted octanol–water partition coefficient (Wildman–Crippen LogP) is 1.08. The van der Waals surface area contributed by atoms with E-state index < -0.39 is 0 Å². The molecule has 0 fully saturated rings. The maximum absolute atomic E-state index is 11.4. The van der Waals surface area contributed by atoms with E-state index in [1.54, 1.807) is 22.9 Å². The highest BCUT2D eigenvalue weighted by Gasteiger charge is 2.03. The van der Waals surface area contributed by atoms with E-state index in [2.05, 4.69) is 17.9 Å².